The van der Waals surface area contributed by atoms with Gasteiger partial charge in [0, 0.05) is 29.2 Å². The molecule has 0 saturated heterocycles. The number of fused-ring (bicyclic) bond motifs is 1. The lowest BCUT2D eigenvalue weighted by atomic mass is 9.87. The SMILES string of the molecule is O=C1c2ccccc2CC(Nc2ccc(Cl)cc2)(C(F)(F)F)N1CCO. The van der Waals surface area contributed by atoms with Crippen LogP contribution in [0.5, 0.6) is 0 Å². The molecule has 26 heavy (non-hydrogen) atoms. The van der Waals surface area contributed by atoms with Gasteiger partial charge in [-0.15, -0.1) is 0 Å². The Morgan fingerprint density at radius 1 is 1.15 bits per heavy atom. The maximum atomic E-state index is 14.2. The highest BCUT2D eigenvalue weighted by Gasteiger charge is 2.62. The van der Waals surface area contributed by atoms with Crippen LogP contribution in [-0.2, 0) is 6.42 Å². The standard InChI is InChI=1S/C18H16ClF3N2O2/c19-13-5-7-14(8-6-13)23-17(18(20,21)22)11-12-3-1-2-4-15(12)16(26)24(17)9-10-25/h1-8,23,25H,9-11H2. The largest absolute Gasteiger partial charge is 0.430 e. The maximum absolute atomic E-state index is 14.2. The lowest BCUT2D eigenvalue weighted by Crippen LogP contribution is -2.69. The van der Waals surface area contributed by atoms with Crippen LogP contribution in [-0.4, -0.2) is 40.9 Å². The molecule has 1 unspecified atom stereocenters. The normalized spacial score (nSPS) is 20.0. The molecule has 2 aromatic rings. The number of aliphatic hydroxyl groups excluding tert-OH is 1. The van der Waals surface area contributed by atoms with E-state index in [0.717, 1.165) is 0 Å². The summed E-state index contributed by atoms with van der Waals surface area (Å²) < 4.78 is 42.7. The highest BCUT2D eigenvalue weighted by atomic mass is 35.5. The van der Waals surface area contributed by atoms with Crippen LogP contribution < -0.4 is 5.32 Å². The Morgan fingerprint density at radius 2 is 1.81 bits per heavy atom. The predicted octanol–water partition coefficient (Wildman–Crippen LogP) is 3.70. The minimum absolute atomic E-state index is 0.168. The van der Waals surface area contributed by atoms with Crippen molar-refractivity contribution in [3.8, 4) is 0 Å². The van der Waals surface area contributed by atoms with Gasteiger partial charge in [-0.3, -0.25) is 4.79 Å². The van der Waals surface area contributed by atoms with Crippen LogP contribution >= 0.6 is 11.6 Å². The van der Waals surface area contributed by atoms with Gasteiger partial charge < -0.3 is 15.3 Å². The van der Waals surface area contributed by atoms with E-state index in [0.29, 0.717) is 15.5 Å². The summed E-state index contributed by atoms with van der Waals surface area (Å²) in [6, 6.07) is 11.9. The molecule has 0 saturated carbocycles. The van der Waals surface area contributed by atoms with Gasteiger partial charge in [-0.2, -0.15) is 13.2 Å². The molecule has 0 aliphatic carbocycles. The molecule has 1 amide bonds. The highest BCUT2D eigenvalue weighted by molar-refractivity contribution is 6.30. The molecule has 0 fully saturated rings. The third kappa shape index (κ3) is 3.12. The number of halogens is 4. The summed E-state index contributed by atoms with van der Waals surface area (Å²) in [5.74, 6) is -0.778. The number of alkyl halides is 3. The van der Waals surface area contributed by atoms with Crippen molar-refractivity contribution in [2.45, 2.75) is 18.3 Å². The fourth-order valence-corrected chi connectivity index (χ4v) is 3.30. The van der Waals surface area contributed by atoms with Gasteiger partial charge in [-0.1, -0.05) is 29.8 Å². The summed E-state index contributed by atoms with van der Waals surface area (Å²) in [7, 11) is 0. The van der Waals surface area contributed by atoms with E-state index in [1.54, 1.807) is 12.1 Å². The smallest absolute Gasteiger partial charge is 0.395 e. The molecule has 1 aliphatic heterocycles. The first-order valence-corrected chi connectivity index (χ1v) is 8.27. The van der Waals surface area contributed by atoms with Crippen molar-refractivity contribution in [1.29, 1.82) is 0 Å². The molecule has 138 valence electrons. The topological polar surface area (TPSA) is 52.6 Å². The molecule has 2 aromatic carbocycles. The van der Waals surface area contributed by atoms with Gasteiger partial charge in [-0.25, -0.2) is 0 Å². The zero-order chi connectivity index (χ0) is 18.9. The Kier molecular flexibility index (Phi) is 4.86. The van der Waals surface area contributed by atoms with Crippen LogP contribution in [0.4, 0.5) is 18.9 Å². The minimum Gasteiger partial charge on any atom is -0.395 e. The van der Waals surface area contributed by atoms with Crippen molar-refractivity contribution in [2.24, 2.45) is 0 Å². The first-order valence-electron chi connectivity index (χ1n) is 7.90. The third-order valence-corrected chi connectivity index (χ3v) is 4.64. The number of anilines is 1. The van der Waals surface area contributed by atoms with E-state index >= 15 is 0 Å². The number of rotatable bonds is 4. The molecular weight excluding hydrogens is 369 g/mol. The molecule has 0 spiro atoms. The second-order valence-corrected chi connectivity index (χ2v) is 6.44. The highest BCUT2D eigenvalue weighted by Crippen LogP contribution is 2.43. The van der Waals surface area contributed by atoms with Gasteiger partial charge in [0.25, 0.3) is 5.91 Å². The van der Waals surface area contributed by atoms with E-state index < -0.39 is 37.3 Å². The van der Waals surface area contributed by atoms with E-state index in [1.807, 2.05) is 0 Å². The number of benzene rings is 2. The summed E-state index contributed by atoms with van der Waals surface area (Å²) in [5.41, 5.74) is -2.00. The lowest BCUT2D eigenvalue weighted by molar-refractivity contribution is -0.216. The second kappa shape index (κ2) is 6.81. The van der Waals surface area contributed by atoms with Crippen LogP contribution in [0.2, 0.25) is 5.02 Å². The molecule has 1 heterocycles. The minimum atomic E-state index is -4.79. The van der Waals surface area contributed by atoms with Crippen molar-refractivity contribution in [1.82, 2.24) is 4.90 Å². The fraction of sp³-hybridized carbons (Fsp3) is 0.278. The Balaban J connectivity index is 2.14. The lowest BCUT2D eigenvalue weighted by Gasteiger charge is -2.48. The molecular formula is C18H16ClF3N2O2. The predicted molar refractivity (Wildman–Crippen MR) is 92.1 cm³/mol. The zero-order valence-corrected chi connectivity index (χ0v) is 14.3. The fourth-order valence-electron chi connectivity index (χ4n) is 3.17. The van der Waals surface area contributed by atoms with Crippen molar-refractivity contribution >= 4 is 23.2 Å². The number of hydrogen-bond acceptors (Lipinski definition) is 3. The van der Waals surface area contributed by atoms with Crippen molar-refractivity contribution in [3.05, 3.63) is 64.7 Å². The Bertz CT molecular complexity index is 811. The summed E-state index contributed by atoms with van der Waals surface area (Å²) in [4.78, 5) is 13.4. The summed E-state index contributed by atoms with van der Waals surface area (Å²) in [5, 5.41) is 12.1. The summed E-state index contributed by atoms with van der Waals surface area (Å²) in [6.45, 7) is -1.04. The number of β-amino-alcohol motifs (C(OH)–C–C–N with tert-alkyl or cyclic N) is 1. The molecule has 4 nitrogen and oxygen atoms in total. The van der Waals surface area contributed by atoms with Crippen LogP contribution in [0.1, 0.15) is 15.9 Å². The Labute approximate surface area is 153 Å². The Hall–Kier alpha value is -2.25. The van der Waals surface area contributed by atoms with E-state index in [9.17, 15) is 23.1 Å². The maximum Gasteiger partial charge on any atom is 0.430 e. The first kappa shape index (κ1) is 18.5. The molecule has 0 radical (unpaired) electrons. The van der Waals surface area contributed by atoms with Crippen LogP contribution in [0.15, 0.2) is 48.5 Å². The molecule has 2 N–H and O–H groups in total. The zero-order valence-electron chi connectivity index (χ0n) is 13.6. The Morgan fingerprint density at radius 3 is 2.42 bits per heavy atom. The number of carbonyl (C=O) groups is 1. The van der Waals surface area contributed by atoms with Gasteiger partial charge in [0.15, 0.2) is 0 Å². The average molecular weight is 385 g/mol. The number of nitrogens with zero attached hydrogens (tertiary/aromatic N) is 1. The quantitative estimate of drug-likeness (QED) is 0.845. The van der Waals surface area contributed by atoms with E-state index in [1.165, 1.54) is 36.4 Å². The number of amides is 1. The molecule has 1 atom stereocenters. The van der Waals surface area contributed by atoms with E-state index in [4.69, 9.17) is 11.6 Å². The third-order valence-electron chi connectivity index (χ3n) is 4.39. The number of carbonyl (C=O) groups excluding carboxylic acids is 1. The van der Waals surface area contributed by atoms with Crippen molar-refractivity contribution in [2.75, 3.05) is 18.5 Å². The van der Waals surface area contributed by atoms with Crippen molar-refractivity contribution in [3.63, 3.8) is 0 Å². The monoisotopic (exact) mass is 384 g/mol. The molecule has 3 rings (SSSR count). The van der Waals surface area contributed by atoms with E-state index in [2.05, 4.69) is 5.32 Å². The molecule has 0 aromatic heterocycles. The first-order chi connectivity index (χ1) is 12.3. The van der Waals surface area contributed by atoms with Gasteiger partial charge in [0.1, 0.15) is 0 Å². The number of nitrogens with one attached hydrogen (secondary N) is 1. The van der Waals surface area contributed by atoms with Crippen LogP contribution in [0, 0.1) is 0 Å². The van der Waals surface area contributed by atoms with E-state index in [-0.39, 0.29) is 11.3 Å². The molecule has 1 aliphatic rings. The van der Waals surface area contributed by atoms with Crippen LogP contribution in [0.25, 0.3) is 0 Å². The van der Waals surface area contributed by atoms with Gasteiger partial charge in [-0.05, 0) is 35.9 Å². The number of hydrogen-bond donors (Lipinski definition) is 2. The van der Waals surface area contributed by atoms with Gasteiger partial charge >= 0.3 is 6.18 Å². The summed E-state index contributed by atoms with van der Waals surface area (Å²) >= 11 is 5.80. The van der Waals surface area contributed by atoms with Crippen molar-refractivity contribution < 1.29 is 23.1 Å². The second-order valence-electron chi connectivity index (χ2n) is 6.00. The van der Waals surface area contributed by atoms with Gasteiger partial charge in [0.2, 0.25) is 5.66 Å². The average Bonchev–Trinajstić information content (AvgIpc) is 2.59. The number of aliphatic hydroxyl groups is 1. The van der Waals surface area contributed by atoms with Gasteiger partial charge in [0.05, 0.1) is 6.61 Å². The van der Waals surface area contributed by atoms with Crippen LogP contribution in [0.3, 0.4) is 0 Å². The molecule has 0 bridgehead atoms. The summed E-state index contributed by atoms with van der Waals surface area (Å²) in [6.07, 6.45) is -5.26. The molecule has 8 heteroatoms.